The maximum absolute atomic E-state index is 12.0. The van der Waals surface area contributed by atoms with Gasteiger partial charge in [0, 0.05) is 0 Å². The Morgan fingerprint density at radius 2 is 0.929 bits per heavy atom. The summed E-state index contributed by atoms with van der Waals surface area (Å²) in [6.45, 7) is 0. The highest BCUT2D eigenvalue weighted by molar-refractivity contribution is 7.34. The van der Waals surface area contributed by atoms with Crippen molar-refractivity contribution in [3.63, 3.8) is 0 Å². The molecule has 0 atom stereocenters. The van der Waals surface area contributed by atoms with Crippen LogP contribution in [0.5, 0.6) is 11.5 Å². The normalized spacial score (nSPS) is 10.3. The van der Waals surface area contributed by atoms with Crippen molar-refractivity contribution < 1.29 is 53.2 Å². The van der Waals surface area contributed by atoms with Crippen LogP contribution in [0.3, 0.4) is 0 Å². The van der Waals surface area contributed by atoms with Gasteiger partial charge in [0.05, 0.1) is 22.3 Å². The number of hydrogen-bond donors (Lipinski definition) is 4. The molecule has 0 aliphatic carbocycles. The Balaban J connectivity index is 2.23. The van der Waals surface area contributed by atoms with Crippen LogP contribution in [0.1, 0.15) is 41.4 Å². The lowest BCUT2D eigenvalue weighted by molar-refractivity contribution is 0.0651. The van der Waals surface area contributed by atoms with Gasteiger partial charge in [-0.05, 0) is 36.4 Å². The average molecular weight is 410 g/mol. The quantitative estimate of drug-likeness (QED) is 0.468. The molecule has 4 N–H and O–H groups in total. The van der Waals surface area contributed by atoms with Crippen molar-refractivity contribution in [3.8, 4) is 11.5 Å². The van der Waals surface area contributed by atoms with E-state index in [1.807, 2.05) is 0 Å². The highest BCUT2D eigenvalue weighted by atomic mass is 31.1. The standard InChI is InChI=1S/C16H11O11P/c17-13(18)9-3-1-7(5-11(9)15(21)22)26-28(25)27-8-2-4-10(14(19)20)12(6-8)16(23)24/h1-6,28H,(H,17,18)(H,19,20)(H,21,22)(H,23,24). The van der Waals surface area contributed by atoms with Crippen LogP contribution in [0.4, 0.5) is 0 Å². The lowest BCUT2D eigenvalue weighted by atomic mass is 10.1. The summed E-state index contributed by atoms with van der Waals surface area (Å²) in [7, 11) is -3.37. The Morgan fingerprint density at radius 3 is 1.21 bits per heavy atom. The predicted octanol–water partition coefficient (Wildman–Crippen LogP) is 2.33. The third-order valence-corrected chi connectivity index (χ3v) is 4.11. The van der Waals surface area contributed by atoms with Crippen LogP contribution in [0.25, 0.3) is 0 Å². The Kier molecular flexibility index (Phi) is 6.01. The molecule has 0 saturated heterocycles. The zero-order chi connectivity index (χ0) is 21.0. The summed E-state index contributed by atoms with van der Waals surface area (Å²) in [6.07, 6.45) is 0. The number of benzene rings is 2. The summed E-state index contributed by atoms with van der Waals surface area (Å²) < 4.78 is 21.8. The Bertz CT molecular complexity index is 932. The van der Waals surface area contributed by atoms with Gasteiger partial charge in [-0.2, -0.15) is 0 Å². The highest BCUT2D eigenvalue weighted by Gasteiger charge is 2.19. The molecule has 0 heterocycles. The van der Waals surface area contributed by atoms with Gasteiger partial charge in [-0.1, -0.05) is 0 Å². The molecular weight excluding hydrogens is 399 g/mol. The number of carbonyl (C=O) groups is 4. The fourth-order valence-corrected chi connectivity index (χ4v) is 2.79. The van der Waals surface area contributed by atoms with Crippen LogP contribution in [0.15, 0.2) is 36.4 Å². The molecule has 11 nitrogen and oxygen atoms in total. The second-order valence-electron chi connectivity index (χ2n) is 5.09. The van der Waals surface area contributed by atoms with Gasteiger partial charge in [0.2, 0.25) is 0 Å². The van der Waals surface area contributed by atoms with Crippen LogP contribution in [0.2, 0.25) is 0 Å². The molecule has 2 aromatic carbocycles. The molecule has 0 aliphatic rings. The van der Waals surface area contributed by atoms with Gasteiger partial charge in [0.25, 0.3) is 0 Å². The van der Waals surface area contributed by atoms with Gasteiger partial charge in [-0.15, -0.1) is 0 Å². The van der Waals surface area contributed by atoms with Crippen LogP contribution < -0.4 is 9.05 Å². The molecule has 2 aromatic rings. The van der Waals surface area contributed by atoms with Gasteiger partial charge in [-0.25, -0.2) is 23.7 Å². The summed E-state index contributed by atoms with van der Waals surface area (Å²) >= 11 is 0. The number of aromatic carboxylic acids is 4. The summed E-state index contributed by atoms with van der Waals surface area (Å²) in [5.74, 6) is -6.56. The molecular formula is C16H11O11P. The smallest absolute Gasteiger partial charge is 0.418 e. The number of rotatable bonds is 8. The first kappa shape index (κ1) is 20.5. The summed E-state index contributed by atoms with van der Waals surface area (Å²) in [5, 5.41) is 36.0. The monoisotopic (exact) mass is 410 g/mol. The molecule has 0 aromatic heterocycles. The van der Waals surface area contributed by atoms with E-state index in [4.69, 9.17) is 29.5 Å². The lowest BCUT2D eigenvalue weighted by Gasteiger charge is -2.10. The molecule has 0 fully saturated rings. The third kappa shape index (κ3) is 4.65. The van der Waals surface area contributed by atoms with Crippen LogP contribution in [0, 0.1) is 0 Å². The molecule has 0 radical (unpaired) electrons. The maximum atomic E-state index is 12.0. The van der Waals surface area contributed by atoms with Gasteiger partial charge in [0.1, 0.15) is 11.5 Å². The van der Waals surface area contributed by atoms with E-state index >= 15 is 0 Å². The molecule has 12 heteroatoms. The minimum Gasteiger partial charge on any atom is -0.478 e. The maximum Gasteiger partial charge on any atom is 0.418 e. The topological polar surface area (TPSA) is 185 Å². The zero-order valence-electron chi connectivity index (χ0n) is 13.6. The zero-order valence-corrected chi connectivity index (χ0v) is 14.6. The van der Waals surface area contributed by atoms with E-state index in [1.165, 1.54) is 0 Å². The number of carboxylic acid groups (broad SMARTS) is 4. The molecule has 146 valence electrons. The minimum absolute atomic E-state index is 0.257. The molecule has 2 rings (SSSR count). The van der Waals surface area contributed by atoms with Gasteiger partial charge >= 0.3 is 32.1 Å². The molecule has 0 spiro atoms. The van der Waals surface area contributed by atoms with Crippen molar-refractivity contribution in [2.24, 2.45) is 0 Å². The number of hydrogen-bond acceptors (Lipinski definition) is 7. The first-order chi connectivity index (χ1) is 13.1. The highest BCUT2D eigenvalue weighted by Crippen LogP contribution is 2.32. The largest absolute Gasteiger partial charge is 0.478 e. The van der Waals surface area contributed by atoms with Crippen molar-refractivity contribution in [2.45, 2.75) is 0 Å². The first-order valence-electron chi connectivity index (χ1n) is 7.21. The number of carboxylic acids is 4. The fraction of sp³-hybridized carbons (Fsp3) is 0. The van der Waals surface area contributed by atoms with Crippen LogP contribution in [-0.2, 0) is 4.57 Å². The summed E-state index contributed by atoms with van der Waals surface area (Å²) in [4.78, 5) is 44.2. The van der Waals surface area contributed by atoms with E-state index in [2.05, 4.69) is 0 Å². The molecule has 28 heavy (non-hydrogen) atoms. The molecule has 0 saturated carbocycles. The average Bonchev–Trinajstić information content (AvgIpc) is 2.60. The van der Waals surface area contributed by atoms with Crippen molar-refractivity contribution in [1.29, 1.82) is 0 Å². The lowest BCUT2D eigenvalue weighted by Crippen LogP contribution is -2.08. The molecule has 0 amide bonds. The van der Waals surface area contributed by atoms with Gasteiger partial charge in [-0.3, -0.25) is 0 Å². The Labute approximate surface area is 156 Å². The van der Waals surface area contributed by atoms with E-state index in [-0.39, 0.29) is 11.5 Å². The Morgan fingerprint density at radius 1 is 0.607 bits per heavy atom. The minimum atomic E-state index is -3.37. The SMILES string of the molecule is O=C(O)c1ccc(O[PH](=O)Oc2ccc(C(=O)O)c(C(=O)O)c2)cc1C(=O)O. The summed E-state index contributed by atoms with van der Waals surface area (Å²) in [5.41, 5.74) is -2.20. The third-order valence-electron chi connectivity index (χ3n) is 3.31. The Hall–Kier alpha value is -3.85. The van der Waals surface area contributed by atoms with Gasteiger partial charge in [0.15, 0.2) is 0 Å². The van der Waals surface area contributed by atoms with Crippen molar-refractivity contribution in [2.75, 3.05) is 0 Å². The second kappa shape index (κ2) is 8.23. The van der Waals surface area contributed by atoms with Crippen molar-refractivity contribution in [1.82, 2.24) is 0 Å². The van der Waals surface area contributed by atoms with E-state index in [1.54, 1.807) is 0 Å². The molecule has 0 unspecified atom stereocenters. The van der Waals surface area contributed by atoms with Crippen molar-refractivity contribution in [3.05, 3.63) is 58.7 Å². The fourth-order valence-electron chi connectivity index (χ4n) is 2.11. The van der Waals surface area contributed by atoms with Gasteiger partial charge < -0.3 is 29.5 Å². The van der Waals surface area contributed by atoms with E-state index in [0.29, 0.717) is 0 Å². The molecule has 0 bridgehead atoms. The van der Waals surface area contributed by atoms with E-state index < -0.39 is 54.4 Å². The van der Waals surface area contributed by atoms with Crippen LogP contribution >= 0.6 is 8.25 Å². The summed E-state index contributed by atoms with van der Waals surface area (Å²) in [6, 6.07) is 5.71. The second-order valence-corrected chi connectivity index (χ2v) is 6.00. The van der Waals surface area contributed by atoms with Crippen LogP contribution in [-0.4, -0.2) is 44.3 Å². The van der Waals surface area contributed by atoms with E-state index in [9.17, 15) is 23.7 Å². The predicted molar refractivity (Wildman–Crippen MR) is 91.0 cm³/mol. The van der Waals surface area contributed by atoms with E-state index in [0.717, 1.165) is 36.4 Å². The van der Waals surface area contributed by atoms with Crippen molar-refractivity contribution >= 4 is 32.1 Å². The molecule has 0 aliphatic heterocycles. The first-order valence-corrected chi connectivity index (χ1v) is 8.43.